The van der Waals surface area contributed by atoms with E-state index in [1.807, 2.05) is 0 Å². The smallest absolute Gasteiger partial charge is 0.314 e. The molecule has 1 atom stereocenters. The first-order chi connectivity index (χ1) is 8.34. The minimum atomic E-state index is -0.0369. The Labute approximate surface area is 103 Å². The lowest BCUT2D eigenvalue weighted by atomic mass is 10.0. The van der Waals surface area contributed by atoms with Crippen LogP contribution in [0.2, 0.25) is 0 Å². The van der Waals surface area contributed by atoms with Gasteiger partial charge >= 0.3 is 6.03 Å². The summed E-state index contributed by atoms with van der Waals surface area (Å²) in [5.41, 5.74) is 0. The van der Waals surface area contributed by atoms with Crippen molar-refractivity contribution in [3.8, 4) is 0 Å². The first-order valence-corrected chi connectivity index (χ1v) is 6.67. The summed E-state index contributed by atoms with van der Waals surface area (Å²) in [5, 5.41) is 9.22. The monoisotopic (exact) mass is 241 g/mol. The first kappa shape index (κ1) is 12.6. The summed E-state index contributed by atoms with van der Waals surface area (Å²) in [4.78, 5) is 11.6. The summed E-state index contributed by atoms with van der Waals surface area (Å²) in [7, 11) is 0. The highest BCUT2D eigenvalue weighted by Gasteiger charge is 2.16. The third-order valence-electron chi connectivity index (χ3n) is 3.56. The van der Waals surface area contributed by atoms with Crippen molar-refractivity contribution in [2.75, 3.05) is 32.8 Å². The van der Waals surface area contributed by atoms with Crippen molar-refractivity contribution >= 4 is 6.03 Å². The molecule has 0 saturated carbocycles. The molecule has 0 spiro atoms. The summed E-state index contributed by atoms with van der Waals surface area (Å²) in [6.45, 7) is 4.25. The zero-order chi connectivity index (χ0) is 11.9. The molecule has 5 nitrogen and oxygen atoms in total. The van der Waals surface area contributed by atoms with E-state index in [0.29, 0.717) is 12.0 Å². The molecule has 0 bridgehead atoms. The van der Waals surface area contributed by atoms with Gasteiger partial charge in [-0.2, -0.15) is 0 Å². The van der Waals surface area contributed by atoms with Gasteiger partial charge in [0.1, 0.15) is 0 Å². The highest BCUT2D eigenvalue weighted by Crippen LogP contribution is 2.12. The number of nitrogens with one attached hydrogen (secondary N) is 3. The SMILES string of the molecule is O=C(NCC1CCOCC1)NCC1CCCN1. The molecule has 2 aliphatic heterocycles. The van der Waals surface area contributed by atoms with Gasteiger partial charge in [0.15, 0.2) is 0 Å². The van der Waals surface area contributed by atoms with E-state index in [1.165, 1.54) is 12.8 Å². The van der Waals surface area contributed by atoms with Crippen LogP contribution in [-0.4, -0.2) is 44.9 Å². The van der Waals surface area contributed by atoms with E-state index in [9.17, 15) is 4.79 Å². The van der Waals surface area contributed by atoms with E-state index in [-0.39, 0.29) is 6.03 Å². The summed E-state index contributed by atoms with van der Waals surface area (Å²) in [6, 6.07) is 0.425. The summed E-state index contributed by atoms with van der Waals surface area (Å²) >= 11 is 0. The number of carbonyl (C=O) groups excluding carboxylic acids is 1. The van der Waals surface area contributed by atoms with Crippen molar-refractivity contribution < 1.29 is 9.53 Å². The summed E-state index contributed by atoms with van der Waals surface area (Å²) in [6.07, 6.45) is 4.51. The van der Waals surface area contributed by atoms with Crippen molar-refractivity contribution in [1.29, 1.82) is 0 Å². The summed E-state index contributed by atoms with van der Waals surface area (Å²) in [5.74, 6) is 0.583. The van der Waals surface area contributed by atoms with Crippen LogP contribution in [-0.2, 0) is 4.74 Å². The second-order valence-electron chi connectivity index (χ2n) is 4.94. The third-order valence-corrected chi connectivity index (χ3v) is 3.56. The number of ether oxygens (including phenoxy) is 1. The maximum Gasteiger partial charge on any atom is 0.314 e. The van der Waals surface area contributed by atoms with Gasteiger partial charge in [-0.3, -0.25) is 0 Å². The van der Waals surface area contributed by atoms with Crippen LogP contribution < -0.4 is 16.0 Å². The van der Waals surface area contributed by atoms with E-state index in [4.69, 9.17) is 4.74 Å². The Bertz CT molecular complexity index is 236. The summed E-state index contributed by atoms with van der Waals surface area (Å²) < 4.78 is 5.28. The van der Waals surface area contributed by atoms with Crippen LogP contribution in [0.15, 0.2) is 0 Å². The molecule has 2 fully saturated rings. The minimum Gasteiger partial charge on any atom is -0.381 e. The Kier molecular flexibility index (Phi) is 5.07. The Morgan fingerprint density at radius 3 is 2.65 bits per heavy atom. The Hall–Kier alpha value is -0.810. The molecule has 3 N–H and O–H groups in total. The van der Waals surface area contributed by atoms with Gasteiger partial charge in [-0.05, 0) is 38.1 Å². The van der Waals surface area contributed by atoms with E-state index in [1.54, 1.807) is 0 Å². The van der Waals surface area contributed by atoms with Gasteiger partial charge in [0.05, 0.1) is 0 Å². The Morgan fingerprint density at radius 2 is 1.94 bits per heavy atom. The van der Waals surface area contributed by atoms with Gasteiger partial charge in [0.2, 0.25) is 0 Å². The van der Waals surface area contributed by atoms with Crippen LogP contribution in [0.25, 0.3) is 0 Å². The van der Waals surface area contributed by atoms with Crippen molar-refractivity contribution in [2.45, 2.75) is 31.7 Å². The molecule has 0 aromatic rings. The highest BCUT2D eigenvalue weighted by molar-refractivity contribution is 5.73. The van der Waals surface area contributed by atoms with Gasteiger partial charge < -0.3 is 20.7 Å². The highest BCUT2D eigenvalue weighted by atomic mass is 16.5. The van der Waals surface area contributed by atoms with Crippen molar-refractivity contribution in [2.24, 2.45) is 5.92 Å². The third kappa shape index (κ3) is 4.52. The molecule has 2 rings (SSSR count). The predicted molar refractivity (Wildman–Crippen MR) is 66.0 cm³/mol. The molecule has 2 heterocycles. The van der Waals surface area contributed by atoms with Gasteiger partial charge in [0.25, 0.3) is 0 Å². The molecule has 2 aliphatic rings. The lowest BCUT2D eigenvalue weighted by molar-refractivity contribution is 0.0669. The van der Waals surface area contributed by atoms with E-state index < -0.39 is 0 Å². The van der Waals surface area contributed by atoms with Gasteiger partial charge in [-0.15, -0.1) is 0 Å². The van der Waals surface area contributed by atoms with Gasteiger partial charge in [-0.25, -0.2) is 4.79 Å². The Balaban J connectivity index is 1.53. The average Bonchev–Trinajstić information content (AvgIpc) is 2.88. The second-order valence-corrected chi connectivity index (χ2v) is 4.94. The zero-order valence-electron chi connectivity index (χ0n) is 10.3. The molecule has 1 unspecified atom stereocenters. The van der Waals surface area contributed by atoms with Crippen LogP contribution in [0, 0.1) is 5.92 Å². The number of rotatable bonds is 4. The average molecular weight is 241 g/mol. The van der Waals surface area contributed by atoms with E-state index in [0.717, 1.165) is 45.7 Å². The number of hydrogen-bond donors (Lipinski definition) is 3. The predicted octanol–water partition coefficient (Wildman–Crippen LogP) is 0.464. The molecule has 0 aliphatic carbocycles. The molecular weight excluding hydrogens is 218 g/mol. The van der Waals surface area contributed by atoms with Gasteiger partial charge in [0, 0.05) is 32.3 Å². The normalized spacial score (nSPS) is 25.8. The molecule has 17 heavy (non-hydrogen) atoms. The fourth-order valence-corrected chi connectivity index (χ4v) is 2.40. The molecule has 2 saturated heterocycles. The topological polar surface area (TPSA) is 62.4 Å². The molecule has 2 amide bonds. The quantitative estimate of drug-likeness (QED) is 0.670. The fraction of sp³-hybridized carbons (Fsp3) is 0.917. The van der Waals surface area contributed by atoms with Crippen LogP contribution in [0.4, 0.5) is 4.79 Å². The second kappa shape index (κ2) is 6.81. The van der Waals surface area contributed by atoms with Crippen molar-refractivity contribution in [3.63, 3.8) is 0 Å². The van der Waals surface area contributed by atoms with Crippen LogP contribution in [0.5, 0.6) is 0 Å². The molecule has 0 radical (unpaired) electrons. The zero-order valence-corrected chi connectivity index (χ0v) is 10.3. The standard InChI is InChI=1S/C12H23N3O2/c16-12(15-9-11-2-1-5-13-11)14-8-10-3-6-17-7-4-10/h10-11,13H,1-9H2,(H2,14,15,16). The molecule has 5 heteroatoms. The van der Waals surface area contributed by atoms with Gasteiger partial charge in [-0.1, -0.05) is 0 Å². The number of carbonyl (C=O) groups is 1. The van der Waals surface area contributed by atoms with Crippen LogP contribution in [0.3, 0.4) is 0 Å². The molecular formula is C12H23N3O2. The largest absolute Gasteiger partial charge is 0.381 e. The lowest BCUT2D eigenvalue weighted by Crippen LogP contribution is -2.44. The fourth-order valence-electron chi connectivity index (χ4n) is 2.40. The van der Waals surface area contributed by atoms with E-state index >= 15 is 0 Å². The maximum absolute atomic E-state index is 11.6. The lowest BCUT2D eigenvalue weighted by Gasteiger charge is -2.22. The number of urea groups is 1. The Morgan fingerprint density at radius 1 is 1.18 bits per heavy atom. The van der Waals surface area contributed by atoms with Crippen LogP contribution >= 0.6 is 0 Å². The van der Waals surface area contributed by atoms with Crippen molar-refractivity contribution in [3.05, 3.63) is 0 Å². The number of hydrogen-bond acceptors (Lipinski definition) is 3. The molecule has 0 aromatic carbocycles. The van der Waals surface area contributed by atoms with Crippen molar-refractivity contribution in [1.82, 2.24) is 16.0 Å². The first-order valence-electron chi connectivity index (χ1n) is 6.67. The number of amides is 2. The molecule has 98 valence electrons. The maximum atomic E-state index is 11.6. The van der Waals surface area contributed by atoms with E-state index in [2.05, 4.69) is 16.0 Å². The van der Waals surface area contributed by atoms with Crippen LogP contribution in [0.1, 0.15) is 25.7 Å². The molecule has 0 aromatic heterocycles. The minimum absolute atomic E-state index is 0.0369.